The van der Waals surface area contributed by atoms with E-state index in [-0.39, 0.29) is 0 Å². The second kappa shape index (κ2) is 13.1. The molecule has 0 aliphatic heterocycles. The van der Waals surface area contributed by atoms with Crippen LogP contribution in [0, 0.1) is 0 Å². The van der Waals surface area contributed by atoms with Gasteiger partial charge in [-0.25, -0.2) is 4.79 Å². The standard InChI is InChI=1S/C29H36O3S/c1-2-3-4-5-6-7-8-11-16-25-21-23-28(24-22-25)33(32-29(30)31,26-17-12-9-13-18-26)27-19-14-10-15-20-27/h9-10,12-15,17-24H,2-8,11,16H2,1H3,(H,30,31). The van der Waals surface area contributed by atoms with E-state index in [1.54, 1.807) is 0 Å². The molecule has 0 fully saturated rings. The zero-order valence-corrected chi connectivity index (χ0v) is 20.4. The van der Waals surface area contributed by atoms with Crippen LogP contribution in [0.4, 0.5) is 4.79 Å². The number of aryl methyl sites for hydroxylation is 1. The van der Waals surface area contributed by atoms with Crippen molar-refractivity contribution in [2.24, 2.45) is 0 Å². The number of carboxylic acid groups (broad SMARTS) is 1. The normalized spacial score (nSPS) is 11.8. The van der Waals surface area contributed by atoms with Crippen molar-refractivity contribution < 1.29 is 14.1 Å². The lowest BCUT2D eigenvalue weighted by atomic mass is 10.0. The molecule has 0 aliphatic rings. The van der Waals surface area contributed by atoms with E-state index < -0.39 is 16.5 Å². The van der Waals surface area contributed by atoms with E-state index in [4.69, 9.17) is 4.18 Å². The molecule has 1 N–H and O–H groups in total. The van der Waals surface area contributed by atoms with Crippen molar-refractivity contribution >= 4 is 16.5 Å². The molecule has 0 radical (unpaired) electrons. The molecule has 3 rings (SSSR count). The number of hydrogen-bond acceptors (Lipinski definition) is 2. The van der Waals surface area contributed by atoms with Crippen molar-refractivity contribution in [2.75, 3.05) is 0 Å². The van der Waals surface area contributed by atoms with Gasteiger partial charge < -0.3 is 9.29 Å². The minimum Gasteiger partial charge on any atom is -0.449 e. The maximum absolute atomic E-state index is 11.9. The van der Waals surface area contributed by atoms with E-state index in [1.165, 1.54) is 56.9 Å². The highest BCUT2D eigenvalue weighted by Crippen LogP contribution is 2.69. The van der Waals surface area contributed by atoms with Crippen LogP contribution in [0.1, 0.15) is 63.9 Å². The van der Waals surface area contributed by atoms with E-state index in [9.17, 15) is 9.90 Å². The topological polar surface area (TPSA) is 46.5 Å². The Morgan fingerprint density at radius 2 is 1.12 bits per heavy atom. The smallest absolute Gasteiger partial charge is 0.449 e. The molecule has 3 nitrogen and oxygen atoms in total. The largest absolute Gasteiger partial charge is 0.517 e. The Bertz CT molecular complexity index is 916. The quantitative estimate of drug-likeness (QED) is 0.256. The van der Waals surface area contributed by atoms with Gasteiger partial charge in [0.25, 0.3) is 0 Å². The van der Waals surface area contributed by atoms with Gasteiger partial charge in [0, 0.05) is 14.7 Å². The fourth-order valence-electron chi connectivity index (χ4n) is 4.19. The van der Waals surface area contributed by atoms with Gasteiger partial charge in [-0.05, 0) is 65.1 Å². The summed E-state index contributed by atoms with van der Waals surface area (Å²) >= 11 is 0. The van der Waals surface area contributed by atoms with Gasteiger partial charge >= 0.3 is 6.16 Å². The maximum Gasteiger partial charge on any atom is 0.517 e. The Hall–Kier alpha value is -2.72. The van der Waals surface area contributed by atoms with Crippen LogP contribution < -0.4 is 0 Å². The first kappa shape index (κ1) is 24.9. The van der Waals surface area contributed by atoms with Gasteiger partial charge in [0.05, 0.1) is 0 Å². The molecule has 0 saturated heterocycles. The first-order chi connectivity index (χ1) is 16.2. The zero-order chi connectivity index (χ0) is 23.4. The van der Waals surface area contributed by atoms with Gasteiger partial charge in [-0.3, -0.25) is 0 Å². The first-order valence-corrected chi connectivity index (χ1v) is 13.7. The van der Waals surface area contributed by atoms with E-state index in [1.807, 2.05) is 60.7 Å². The van der Waals surface area contributed by atoms with Crippen LogP contribution in [0.25, 0.3) is 0 Å². The maximum atomic E-state index is 11.9. The lowest BCUT2D eigenvalue weighted by Gasteiger charge is -2.38. The van der Waals surface area contributed by atoms with Crippen LogP contribution in [-0.2, 0) is 10.6 Å². The minimum absolute atomic E-state index is 0.870. The van der Waals surface area contributed by atoms with Crippen molar-refractivity contribution in [1.29, 1.82) is 0 Å². The van der Waals surface area contributed by atoms with E-state index in [0.717, 1.165) is 21.1 Å². The average Bonchev–Trinajstić information content (AvgIpc) is 2.85. The van der Waals surface area contributed by atoms with Crippen LogP contribution >= 0.6 is 10.3 Å². The summed E-state index contributed by atoms with van der Waals surface area (Å²) in [5.74, 6) is 0. The number of hydrogen-bond donors (Lipinski definition) is 1. The predicted octanol–water partition coefficient (Wildman–Crippen LogP) is 9.26. The summed E-state index contributed by atoms with van der Waals surface area (Å²) in [5, 5.41) is 9.72. The molecule has 176 valence electrons. The molecular formula is C29H36O3S. The molecule has 3 aromatic carbocycles. The third kappa shape index (κ3) is 6.88. The first-order valence-electron chi connectivity index (χ1n) is 12.1. The van der Waals surface area contributed by atoms with Crippen molar-refractivity contribution in [3.8, 4) is 0 Å². The predicted molar refractivity (Wildman–Crippen MR) is 137 cm³/mol. The third-order valence-electron chi connectivity index (χ3n) is 5.92. The van der Waals surface area contributed by atoms with Gasteiger partial charge in [0.2, 0.25) is 0 Å². The molecule has 4 heteroatoms. The lowest BCUT2D eigenvalue weighted by molar-refractivity contribution is 0.150. The van der Waals surface area contributed by atoms with Crippen LogP contribution in [-0.4, -0.2) is 11.3 Å². The monoisotopic (exact) mass is 464 g/mol. The zero-order valence-electron chi connectivity index (χ0n) is 19.6. The van der Waals surface area contributed by atoms with Gasteiger partial charge in [0.1, 0.15) is 0 Å². The van der Waals surface area contributed by atoms with Crippen molar-refractivity contribution in [3.63, 3.8) is 0 Å². The number of rotatable bonds is 13. The molecule has 33 heavy (non-hydrogen) atoms. The Balaban J connectivity index is 1.77. The van der Waals surface area contributed by atoms with Gasteiger partial charge in [-0.2, -0.15) is 0 Å². The Morgan fingerprint density at radius 3 is 1.61 bits per heavy atom. The SMILES string of the molecule is CCCCCCCCCCc1ccc(S(OC(=O)O)(c2ccccc2)c2ccccc2)cc1. The molecule has 0 aromatic heterocycles. The molecular weight excluding hydrogens is 428 g/mol. The number of benzene rings is 3. The lowest BCUT2D eigenvalue weighted by Crippen LogP contribution is -2.12. The van der Waals surface area contributed by atoms with Crippen molar-refractivity contribution in [1.82, 2.24) is 0 Å². The van der Waals surface area contributed by atoms with E-state index >= 15 is 0 Å². The Kier molecular flexibility index (Phi) is 9.89. The molecule has 0 unspecified atom stereocenters. The fourth-order valence-corrected chi connectivity index (χ4v) is 7.11. The second-order valence-electron chi connectivity index (χ2n) is 8.40. The molecule has 0 aliphatic carbocycles. The number of carbonyl (C=O) groups is 1. The summed E-state index contributed by atoms with van der Waals surface area (Å²) in [4.78, 5) is 14.5. The summed E-state index contributed by atoms with van der Waals surface area (Å²) in [6, 6.07) is 27.8. The molecule has 0 atom stereocenters. The summed E-state index contributed by atoms with van der Waals surface area (Å²) in [6.07, 6.45) is 10.3. The van der Waals surface area contributed by atoms with Crippen LogP contribution in [0.3, 0.4) is 0 Å². The van der Waals surface area contributed by atoms with Gasteiger partial charge in [-0.15, -0.1) is 0 Å². The van der Waals surface area contributed by atoms with E-state index in [2.05, 4.69) is 31.2 Å². The molecule has 0 saturated carbocycles. The summed E-state index contributed by atoms with van der Waals surface area (Å²) in [5.41, 5.74) is 1.29. The average molecular weight is 465 g/mol. The highest BCUT2D eigenvalue weighted by atomic mass is 32.3. The van der Waals surface area contributed by atoms with Gasteiger partial charge in [-0.1, -0.05) is 100 Å². The van der Waals surface area contributed by atoms with Crippen LogP contribution in [0.5, 0.6) is 0 Å². The number of unbranched alkanes of at least 4 members (excludes halogenated alkanes) is 7. The highest BCUT2D eigenvalue weighted by Gasteiger charge is 2.35. The summed E-state index contributed by atoms with van der Waals surface area (Å²) in [6.45, 7) is 2.25. The third-order valence-corrected chi connectivity index (χ3v) is 9.12. The van der Waals surface area contributed by atoms with Crippen LogP contribution in [0.15, 0.2) is 99.6 Å². The molecule has 0 bridgehead atoms. The molecule has 0 heterocycles. The van der Waals surface area contributed by atoms with Crippen molar-refractivity contribution in [2.45, 2.75) is 79.4 Å². The Morgan fingerprint density at radius 1 is 0.667 bits per heavy atom. The van der Waals surface area contributed by atoms with E-state index in [0.29, 0.717) is 0 Å². The Labute approximate surface area is 200 Å². The second-order valence-corrected chi connectivity index (χ2v) is 11.1. The minimum atomic E-state index is -2.39. The van der Waals surface area contributed by atoms with Gasteiger partial charge in [0.15, 0.2) is 0 Å². The molecule has 0 amide bonds. The molecule has 3 aromatic rings. The van der Waals surface area contributed by atoms with Crippen LogP contribution in [0.2, 0.25) is 0 Å². The van der Waals surface area contributed by atoms with Crippen molar-refractivity contribution in [3.05, 3.63) is 90.5 Å². The fraction of sp³-hybridized carbons (Fsp3) is 0.345. The molecule has 0 spiro atoms. The highest BCUT2D eigenvalue weighted by molar-refractivity contribution is 8.30. The summed E-state index contributed by atoms with van der Waals surface area (Å²) in [7, 11) is -2.39. The summed E-state index contributed by atoms with van der Waals surface area (Å²) < 4.78 is 5.79.